The van der Waals surface area contributed by atoms with Crippen LogP contribution in [-0.4, -0.2) is 42.5 Å². The molecule has 0 aliphatic heterocycles. The molecule has 0 unspecified atom stereocenters. The monoisotopic (exact) mass is 391 g/mol. The van der Waals surface area contributed by atoms with Gasteiger partial charge in [-0.1, -0.05) is 19.6 Å². The first kappa shape index (κ1) is 19.7. The third-order valence-corrected chi connectivity index (χ3v) is 6.23. The third kappa shape index (κ3) is 5.01. The van der Waals surface area contributed by atoms with Crippen molar-refractivity contribution in [2.45, 2.75) is 51.2 Å². The highest BCUT2D eigenvalue weighted by Crippen LogP contribution is 2.40. The van der Waals surface area contributed by atoms with Crippen LogP contribution in [0.3, 0.4) is 0 Å². The Morgan fingerprint density at radius 2 is 2.07 bits per heavy atom. The number of carbonyl (C=O) groups is 1. The number of methoxy groups -OCH3 is 1. The molecule has 27 heavy (non-hydrogen) atoms. The summed E-state index contributed by atoms with van der Waals surface area (Å²) in [6.45, 7) is 7.68. The van der Waals surface area contributed by atoms with E-state index in [-0.39, 0.29) is 12.4 Å². The van der Waals surface area contributed by atoms with E-state index in [2.05, 4.69) is 29.7 Å². The average Bonchev–Trinajstić information content (AvgIpc) is 3.37. The minimum atomic E-state index is -1.18. The van der Waals surface area contributed by atoms with Gasteiger partial charge in [0.05, 0.1) is 13.3 Å². The lowest BCUT2D eigenvalue weighted by atomic mass is 10.0. The van der Waals surface area contributed by atoms with E-state index in [0.717, 1.165) is 24.6 Å². The highest BCUT2D eigenvalue weighted by molar-refractivity contribution is 6.76. The number of halogens is 1. The van der Waals surface area contributed by atoms with E-state index in [4.69, 9.17) is 9.47 Å². The van der Waals surface area contributed by atoms with Crippen molar-refractivity contribution >= 4 is 14.0 Å². The van der Waals surface area contributed by atoms with Crippen molar-refractivity contribution < 1.29 is 18.7 Å². The van der Waals surface area contributed by atoms with Gasteiger partial charge >= 0.3 is 5.97 Å². The van der Waals surface area contributed by atoms with E-state index < -0.39 is 19.9 Å². The summed E-state index contributed by atoms with van der Waals surface area (Å²) in [4.78, 5) is 16.3. The summed E-state index contributed by atoms with van der Waals surface area (Å²) in [5.74, 6) is -0.704. The number of esters is 1. The number of nitrogens with zero attached hydrogens (tertiary/aromatic N) is 3. The van der Waals surface area contributed by atoms with Crippen LogP contribution in [0.4, 0.5) is 4.39 Å². The number of carbonyl (C=O) groups excluding carboxylic acids is 1. The smallest absolute Gasteiger partial charge is 0.359 e. The predicted octanol–water partition coefficient (Wildman–Crippen LogP) is 4.06. The standard InChI is InChI=1S/C19H26FN3O3Si/c1-25-19(24)18-15(11-23(22-18)12-26-7-8-27(2,3)4)14-9-17(13-5-6-13)21-10-16(14)20/h9-11,13H,5-8,12H2,1-4H3. The van der Waals surface area contributed by atoms with Crippen molar-refractivity contribution in [3.63, 3.8) is 0 Å². The third-order valence-electron chi connectivity index (χ3n) is 4.52. The Bertz CT molecular complexity index is 828. The Labute approximate surface area is 159 Å². The molecule has 2 heterocycles. The second-order valence-electron chi connectivity index (χ2n) is 8.13. The number of hydrogen-bond acceptors (Lipinski definition) is 5. The van der Waals surface area contributed by atoms with Crippen molar-refractivity contribution in [3.05, 3.63) is 35.7 Å². The van der Waals surface area contributed by atoms with E-state index in [1.165, 1.54) is 18.0 Å². The molecule has 2 aromatic heterocycles. The van der Waals surface area contributed by atoms with E-state index in [9.17, 15) is 9.18 Å². The summed E-state index contributed by atoms with van der Waals surface area (Å²) in [7, 11) is 0.104. The van der Waals surface area contributed by atoms with Crippen LogP contribution in [0.15, 0.2) is 18.5 Å². The van der Waals surface area contributed by atoms with Gasteiger partial charge in [-0.3, -0.25) is 4.98 Å². The molecule has 1 aliphatic rings. The van der Waals surface area contributed by atoms with Crippen LogP contribution in [0, 0.1) is 5.82 Å². The first-order valence-electron chi connectivity index (χ1n) is 9.18. The van der Waals surface area contributed by atoms with Gasteiger partial charge in [-0.25, -0.2) is 13.9 Å². The van der Waals surface area contributed by atoms with Crippen molar-refractivity contribution in [2.75, 3.05) is 13.7 Å². The maximum Gasteiger partial charge on any atom is 0.359 e. The molecule has 0 saturated heterocycles. The van der Waals surface area contributed by atoms with Crippen LogP contribution in [0.1, 0.15) is 34.9 Å². The summed E-state index contributed by atoms with van der Waals surface area (Å²) >= 11 is 0. The van der Waals surface area contributed by atoms with Gasteiger partial charge in [0.15, 0.2) is 5.69 Å². The molecule has 0 amide bonds. The Kier molecular flexibility index (Phi) is 5.76. The van der Waals surface area contributed by atoms with Crippen LogP contribution < -0.4 is 0 Å². The molecule has 0 radical (unpaired) electrons. The first-order valence-corrected chi connectivity index (χ1v) is 12.9. The average molecular weight is 392 g/mol. The molecule has 8 heteroatoms. The first-order chi connectivity index (χ1) is 12.8. The molecular formula is C19H26FN3O3Si. The Morgan fingerprint density at radius 3 is 2.70 bits per heavy atom. The summed E-state index contributed by atoms with van der Waals surface area (Å²) < 4.78 is 26.5. The summed E-state index contributed by atoms with van der Waals surface area (Å²) in [6.07, 6.45) is 4.97. The summed E-state index contributed by atoms with van der Waals surface area (Å²) in [5.41, 5.74) is 1.65. The van der Waals surface area contributed by atoms with Crippen LogP contribution in [0.5, 0.6) is 0 Å². The van der Waals surface area contributed by atoms with E-state index in [0.29, 0.717) is 23.7 Å². The fourth-order valence-electron chi connectivity index (χ4n) is 2.73. The lowest BCUT2D eigenvalue weighted by Gasteiger charge is -2.15. The lowest BCUT2D eigenvalue weighted by Crippen LogP contribution is -2.22. The largest absolute Gasteiger partial charge is 0.464 e. The predicted molar refractivity (Wildman–Crippen MR) is 103 cm³/mol. The fraction of sp³-hybridized carbons (Fsp3) is 0.526. The van der Waals surface area contributed by atoms with Crippen LogP contribution in [0.2, 0.25) is 25.7 Å². The molecular weight excluding hydrogens is 365 g/mol. The number of rotatable bonds is 8. The normalized spacial score (nSPS) is 14.4. The lowest BCUT2D eigenvalue weighted by molar-refractivity contribution is 0.0583. The molecule has 0 aromatic carbocycles. The number of ether oxygens (including phenoxy) is 2. The van der Waals surface area contributed by atoms with Gasteiger partial charge in [-0.2, -0.15) is 5.10 Å². The highest BCUT2D eigenvalue weighted by Gasteiger charge is 2.28. The molecule has 3 rings (SSSR count). The van der Waals surface area contributed by atoms with Gasteiger partial charge < -0.3 is 9.47 Å². The van der Waals surface area contributed by atoms with Gasteiger partial charge in [-0.05, 0) is 25.0 Å². The second-order valence-corrected chi connectivity index (χ2v) is 13.8. The Morgan fingerprint density at radius 1 is 1.33 bits per heavy atom. The van der Waals surface area contributed by atoms with Gasteiger partial charge in [-0.15, -0.1) is 0 Å². The molecule has 146 valence electrons. The molecule has 0 atom stereocenters. The highest BCUT2D eigenvalue weighted by atomic mass is 28.3. The van der Waals surface area contributed by atoms with Crippen molar-refractivity contribution in [1.29, 1.82) is 0 Å². The molecule has 0 N–H and O–H groups in total. The van der Waals surface area contributed by atoms with Crippen molar-refractivity contribution in [3.8, 4) is 11.1 Å². The van der Waals surface area contributed by atoms with Crippen molar-refractivity contribution in [2.24, 2.45) is 0 Å². The second kappa shape index (κ2) is 7.90. The Hall–Kier alpha value is -2.06. The van der Waals surface area contributed by atoms with Crippen LogP contribution >= 0.6 is 0 Å². The molecule has 6 nitrogen and oxygen atoms in total. The minimum Gasteiger partial charge on any atom is -0.464 e. The van der Waals surface area contributed by atoms with Crippen LogP contribution in [-0.2, 0) is 16.2 Å². The number of aromatic nitrogens is 3. The fourth-order valence-corrected chi connectivity index (χ4v) is 3.49. The maximum absolute atomic E-state index is 14.5. The zero-order valence-corrected chi connectivity index (χ0v) is 17.3. The minimum absolute atomic E-state index is 0.0816. The zero-order valence-electron chi connectivity index (χ0n) is 16.3. The molecule has 1 saturated carbocycles. The van der Waals surface area contributed by atoms with E-state index >= 15 is 0 Å². The SMILES string of the molecule is COC(=O)c1nn(COCC[Si](C)(C)C)cc1-c1cc(C2CC2)ncc1F. The summed E-state index contributed by atoms with van der Waals surface area (Å²) in [5, 5.41) is 4.26. The molecule has 0 bridgehead atoms. The van der Waals surface area contributed by atoms with Gasteiger partial charge in [0.2, 0.25) is 0 Å². The molecule has 1 aliphatic carbocycles. The number of hydrogen-bond donors (Lipinski definition) is 0. The molecule has 1 fully saturated rings. The quantitative estimate of drug-likeness (QED) is 0.386. The number of pyridine rings is 1. The molecule has 2 aromatic rings. The molecule has 0 spiro atoms. The van der Waals surface area contributed by atoms with Gasteiger partial charge in [0.1, 0.15) is 12.5 Å². The maximum atomic E-state index is 14.5. The Balaban J connectivity index is 1.84. The van der Waals surface area contributed by atoms with Crippen molar-refractivity contribution in [1.82, 2.24) is 14.8 Å². The topological polar surface area (TPSA) is 66.2 Å². The van der Waals surface area contributed by atoms with E-state index in [1.807, 2.05) is 0 Å². The summed E-state index contributed by atoms with van der Waals surface area (Å²) in [6, 6.07) is 2.75. The van der Waals surface area contributed by atoms with Crippen LogP contribution in [0.25, 0.3) is 11.1 Å². The zero-order chi connectivity index (χ0) is 19.6. The van der Waals surface area contributed by atoms with Gasteiger partial charge in [0.25, 0.3) is 0 Å². The van der Waals surface area contributed by atoms with Gasteiger partial charge in [0, 0.05) is 43.6 Å². The van der Waals surface area contributed by atoms with E-state index in [1.54, 1.807) is 12.3 Å².